The van der Waals surface area contributed by atoms with Gasteiger partial charge in [-0.15, -0.1) is 0 Å². The summed E-state index contributed by atoms with van der Waals surface area (Å²) in [6.07, 6.45) is -0.643. The van der Waals surface area contributed by atoms with Crippen LogP contribution in [-0.2, 0) is 34.3 Å². The number of amides is 2. The van der Waals surface area contributed by atoms with E-state index < -0.39 is 34.0 Å². The Kier molecular flexibility index (Phi) is 13.3. The van der Waals surface area contributed by atoms with Crippen LogP contribution >= 0.6 is 0 Å². The van der Waals surface area contributed by atoms with Crippen molar-refractivity contribution in [2.24, 2.45) is 0 Å². The van der Waals surface area contributed by atoms with Crippen LogP contribution in [0.3, 0.4) is 0 Å². The van der Waals surface area contributed by atoms with Gasteiger partial charge in [-0.25, -0.2) is 8.42 Å². The number of hydrogen-bond donors (Lipinski definition) is 5. The Morgan fingerprint density at radius 3 is 2.04 bits per heavy atom. The van der Waals surface area contributed by atoms with Gasteiger partial charge in [0.1, 0.15) is 0 Å². The van der Waals surface area contributed by atoms with Crippen LogP contribution in [0, 0.1) is 0 Å². The highest BCUT2D eigenvalue weighted by Crippen LogP contribution is 2.20. The van der Waals surface area contributed by atoms with E-state index in [-0.39, 0.29) is 35.2 Å². The first-order chi connectivity index (χ1) is 23.1. The highest BCUT2D eigenvalue weighted by Gasteiger charge is 2.24. The van der Waals surface area contributed by atoms with E-state index in [1.54, 1.807) is 7.11 Å². The fraction of sp³-hybridized carbons (Fsp3) is 0.297. The van der Waals surface area contributed by atoms with Gasteiger partial charge in [-0.2, -0.15) is 0 Å². The number of hydrogen-bond acceptors (Lipinski definition) is 7. The number of benzene rings is 4. The summed E-state index contributed by atoms with van der Waals surface area (Å²) in [4.78, 5) is 27.2. The maximum absolute atomic E-state index is 13.8. The molecule has 2 amide bonds. The van der Waals surface area contributed by atoms with Gasteiger partial charge < -0.3 is 25.8 Å². The van der Waals surface area contributed by atoms with Gasteiger partial charge in [-0.1, -0.05) is 84.9 Å². The maximum atomic E-state index is 13.8. The number of ether oxygens (including phenoxy) is 1. The zero-order chi connectivity index (χ0) is 34.5. The van der Waals surface area contributed by atoms with Crippen LogP contribution in [-0.4, -0.2) is 56.9 Å². The van der Waals surface area contributed by atoms with Crippen molar-refractivity contribution >= 4 is 27.5 Å². The van der Waals surface area contributed by atoms with Crippen LogP contribution in [0.5, 0.6) is 0 Å². The van der Waals surface area contributed by atoms with Crippen molar-refractivity contribution in [1.82, 2.24) is 16.0 Å². The first-order valence-electron chi connectivity index (χ1n) is 15.9. The van der Waals surface area contributed by atoms with Crippen LogP contribution < -0.4 is 20.7 Å². The second-order valence-electron chi connectivity index (χ2n) is 11.6. The minimum absolute atomic E-state index is 0.0667. The van der Waals surface area contributed by atoms with Crippen LogP contribution in [0.2, 0.25) is 0 Å². The standard InChI is InChI=1S/C37H44N4O6S/c1-4-48(45,46)41-33-21-31(36(43)39-26(2)30-16-9-6-10-17-30)20-32(22-33)37(44)40-34(19-27-12-7-5-8-13-27)35(42)24-38-23-28-14-11-15-29(18-28)25-47-3/h5-18,20-22,26,34-35,38,41-42H,4,19,23-25H2,1-3H3,(H,39,43)(H,40,44)/t26-,34+,35-/m1/s1. The molecule has 0 heterocycles. The largest absolute Gasteiger partial charge is 0.390 e. The highest BCUT2D eigenvalue weighted by molar-refractivity contribution is 7.92. The quantitative estimate of drug-likeness (QED) is 0.110. The number of rotatable bonds is 17. The Labute approximate surface area is 283 Å². The normalized spacial score (nSPS) is 13.2. The Morgan fingerprint density at radius 2 is 1.40 bits per heavy atom. The molecule has 0 aliphatic carbocycles. The van der Waals surface area contributed by atoms with E-state index in [1.807, 2.05) is 91.9 Å². The molecule has 4 rings (SSSR count). The van der Waals surface area contributed by atoms with Gasteiger partial charge in [0.25, 0.3) is 11.8 Å². The molecule has 0 spiro atoms. The number of nitrogens with one attached hydrogen (secondary N) is 4. The third kappa shape index (κ3) is 11.0. The summed E-state index contributed by atoms with van der Waals surface area (Å²) in [5.74, 6) is -1.23. The predicted molar refractivity (Wildman–Crippen MR) is 188 cm³/mol. The molecule has 0 aliphatic rings. The molecule has 5 N–H and O–H groups in total. The summed E-state index contributed by atoms with van der Waals surface area (Å²) in [5.41, 5.74) is 4.12. The number of anilines is 1. The van der Waals surface area contributed by atoms with E-state index >= 15 is 0 Å². The Bertz CT molecular complexity index is 1750. The summed E-state index contributed by atoms with van der Waals surface area (Å²) >= 11 is 0. The molecule has 254 valence electrons. The number of sulfonamides is 1. The van der Waals surface area contributed by atoms with E-state index in [1.165, 1.54) is 25.1 Å². The number of aliphatic hydroxyl groups excluding tert-OH is 1. The van der Waals surface area contributed by atoms with Crippen molar-refractivity contribution in [3.05, 3.63) is 137 Å². The van der Waals surface area contributed by atoms with Crippen molar-refractivity contribution < 1.29 is 27.9 Å². The van der Waals surface area contributed by atoms with Crippen LogP contribution in [0.15, 0.2) is 103 Å². The molecule has 4 aromatic carbocycles. The minimum atomic E-state index is -3.71. The topological polar surface area (TPSA) is 146 Å². The SMILES string of the molecule is CCS(=O)(=O)Nc1cc(C(=O)N[C@@H](Cc2ccccc2)[C@H](O)CNCc2cccc(COC)c2)cc(C(=O)N[C@H](C)c2ccccc2)c1. The van der Waals surface area contributed by atoms with E-state index in [0.29, 0.717) is 19.6 Å². The third-order valence-corrected chi connectivity index (χ3v) is 9.13. The second-order valence-corrected chi connectivity index (χ2v) is 13.6. The molecule has 48 heavy (non-hydrogen) atoms. The first kappa shape index (κ1) is 36.3. The lowest BCUT2D eigenvalue weighted by atomic mass is 10.00. The van der Waals surface area contributed by atoms with Gasteiger partial charge in [0.2, 0.25) is 10.0 Å². The molecular formula is C37H44N4O6S. The maximum Gasteiger partial charge on any atom is 0.251 e. The van der Waals surface area contributed by atoms with E-state index in [9.17, 15) is 23.1 Å². The third-order valence-electron chi connectivity index (χ3n) is 7.82. The summed E-state index contributed by atoms with van der Waals surface area (Å²) < 4.78 is 32.6. The van der Waals surface area contributed by atoms with Gasteiger partial charge in [0.15, 0.2) is 0 Å². The molecule has 0 bridgehead atoms. The summed E-state index contributed by atoms with van der Waals surface area (Å²) in [7, 11) is -2.07. The molecule has 0 saturated heterocycles. The van der Waals surface area contributed by atoms with Crippen LogP contribution in [0.4, 0.5) is 5.69 Å². The van der Waals surface area contributed by atoms with E-state index in [0.717, 1.165) is 22.3 Å². The van der Waals surface area contributed by atoms with Gasteiger partial charge in [-0.3, -0.25) is 14.3 Å². The fourth-order valence-electron chi connectivity index (χ4n) is 5.21. The van der Waals surface area contributed by atoms with Crippen molar-refractivity contribution in [1.29, 1.82) is 0 Å². The molecule has 11 heteroatoms. The van der Waals surface area contributed by atoms with Gasteiger partial charge in [0.05, 0.1) is 36.2 Å². The highest BCUT2D eigenvalue weighted by atomic mass is 32.2. The average molecular weight is 673 g/mol. The molecule has 3 atom stereocenters. The molecule has 0 radical (unpaired) electrons. The first-order valence-corrected chi connectivity index (χ1v) is 17.5. The number of carbonyl (C=O) groups is 2. The minimum Gasteiger partial charge on any atom is -0.390 e. The van der Waals surface area contributed by atoms with E-state index in [2.05, 4.69) is 20.7 Å². The monoisotopic (exact) mass is 672 g/mol. The van der Waals surface area contributed by atoms with Crippen LogP contribution in [0.25, 0.3) is 0 Å². The Morgan fingerprint density at radius 1 is 0.792 bits per heavy atom. The lowest BCUT2D eigenvalue weighted by Crippen LogP contribution is -2.48. The second kappa shape index (κ2) is 17.6. The van der Waals surface area contributed by atoms with Crippen molar-refractivity contribution in [3.63, 3.8) is 0 Å². The van der Waals surface area contributed by atoms with Crippen molar-refractivity contribution in [2.75, 3.05) is 24.1 Å². The molecule has 0 aromatic heterocycles. The number of carbonyl (C=O) groups excluding carboxylic acids is 2. The number of aliphatic hydroxyl groups is 1. The average Bonchev–Trinajstić information content (AvgIpc) is 3.08. The van der Waals surface area contributed by atoms with Gasteiger partial charge >= 0.3 is 0 Å². The van der Waals surface area contributed by atoms with Crippen molar-refractivity contribution in [3.8, 4) is 0 Å². The fourth-order valence-corrected chi connectivity index (χ4v) is 5.83. The van der Waals surface area contributed by atoms with Crippen molar-refractivity contribution in [2.45, 2.75) is 51.6 Å². The zero-order valence-electron chi connectivity index (χ0n) is 27.5. The summed E-state index contributed by atoms with van der Waals surface area (Å²) in [6.45, 7) is 4.52. The Balaban J connectivity index is 1.55. The van der Waals surface area contributed by atoms with Gasteiger partial charge in [0, 0.05) is 31.3 Å². The number of methoxy groups -OCH3 is 1. The lowest BCUT2D eigenvalue weighted by molar-refractivity contribution is 0.0830. The lowest BCUT2D eigenvalue weighted by Gasteiger charge is -2.25. The predicted octanol–water partition coefficient (Wildman–Crippen LogP) is 4.58. The van der Waals surface area contributed by atoms with Crippen LogP contribution in [0.1, 0.15) is 62.9 Å². The van der Waals surface area contributed by atoms with Gasteiger partial charge in [-0.05, 0) is 60.7 Å². The summed E-state index contributed by atoms with van der Waals surface area (Å²) in [6, 6.07) is 30.0. The molecule has 0 aliphatic heterocycles. The molecule has 0 fully saturated rings. The molecule has 4 aromatic rings. The van der Waals surface area contributed by atoms with E-state index in [4.69, 9.17) is 4.74 Å². The smallest absolute Gasteiger partial charge is 0.251 e. The summed E-state index contributed by atoms with van der Waals surface area (Å²) in [5, 5.41) is 20.5. The molecule has 10 nitrogen and oxygen atoms in total. The molecule has 0 unspecified atom stereocenters. The molecule has 0 saturated carbocycles. The Hall–Kier alpha value is -4.55. The molecular weight excluding hydrogens is 628 g/mol. The zero-order valence-corrected chi connectivity index (χ0v) is 28.3.